The molecule has 0 unspecified atom stereocenters. The van der Waals surface area contributed by atoms with E-state index in [-0.39, 0.29) is 5.60 Å². The van der Waals surface area contributed by atoms with E-state index in [1.54, 1.807) is 0 Å². The van der Waals surface area contributed by atoms with E-state index in [1.165, 1.54) is 0 Å². The summed E-state index contributed by atoms with van der Waals surface area (Å²) in [5.41, 5.74) is 2.69. The Morgan fingerprint density at radius 3 is 2.00 bits per heavy atom. The molecule has 2 heteroatoms. The van der Waals surface area contributed by atoms with Crippen LogP contribution in [-0.4, -0.2) is 15.8 Å². The summed E-state index contributed by atoms with van der Waals surface area (Å²) >= 11 is 0. The van der Waals surface area contributed by atoms with E-state index in [0.717, 1.165) is 10.2 Å². The van der Waals surface area contributed by atoms with E-state index < -0.39 is 0 Å². The van der Waals surface area contributed by atoms with Crippen LogP contribution in [0, 0.1) is 11.7 Å². The first-order valence-corrected chi connectivity index (χ1v) is 3.66. The first kappa shape index (κ1) is 7.58. The van der Waals surface area contributed by atoms with Gasteiger partial charge < -0.3 is 4.74 Å². The topological polar surface area (TPSA) is 9.23 Å². The van der Waals surface area contributed by atoms with Gasteiger partial charge in [-0.05, 0) is 20.8 Å². The van der Waals surface area contributed by atoms with Crippen LogP contribution >= 0.6 is 0 Å². The molecule has 0 radical (unpaired) electrons. The monoisotopic (exact) mass is 128 g/mol. The van der Waals surface area contributed by atoms with Gasteiger partial charge in [0, 0.05) is 0 Å². The van der Waals surface area contributed by atoms with Crippen molar-refractivity contribution in [3.8, 4) is 11.7 Å². The van der Waals surface area contributed by atoms with Crippen molar-refractivity contribution in [3.63, 3.8) is 0 Å². The van der Waals surface area contributed by atoms with Crippen LogP contribution in [0.3, 0.4) is 0 Å². The molecule has 0 bridgehead atoms. The molecule has 8 heavy (non-hydrogen) atoms. The highest BCUT2D eigenvalue weighted by molar-refractivity contribution is 6.22. The summed E-state index contributed by atoms with van der Waals surface area (Å²) in [5, 5.41) is 0. The second-order valence-corrected chi connectivity index (χ2v) is 3.07. The van der Waals surface area contributed by atoms with Crippen LogP contribution in [0.2, 0.25) is 0 Å². The van der Waals surface area contributed by atoms with E-state index in [0.29, 0.717) is 0 Å². The molecule has 0 aliphatic rings. The molecule has 0 aromatic heterocycles. The number of rotatable bonds is 0. The normalized spacial score (nSPS) is 9.88. The largest absolute Gasteiger partial charge is 0.441 e. The van der Waals surface area contributed by atoms with Gasteiger partial charge in [0.2, 0.25) is 0 Å². The fourth-order valence-electron chi connectivity index (χ4n) is 0.204. The van der Waals surface area contributed by atoms with Gasteiger partial charge in [0.15, 0.2) is 0 Å². The molecular weight excluding hydrogens is 116 g/mol. The van der Waals surface area contributed by atoms with Crippen molar-refractivity contribution in [2.45, 2.75) is 26.4 Å². The SMILES string of the molecule is CC(C)(C)OC#C[SiH3]. The van der Waals surface area contributed by atoms with E-state index in [4.69, 9.17) is 4.74 Å². The molecule has 0 heterocycles. The van der Waals surface area contributed by atoms with Crippen LogP contribution in [0.4, 0.5) is 0 Å². The molecular formula is C6H12OSi. The van der Waals surface area contributed by atoms with Crippen molar-refractivity contribution in [2.24, 2.45) is 0 Å². The summed E-state index contributed by atoms with van der Waals surface area (Å²) in [7, 11) is 0.896. The second kappa shape index (κ2) is 2.78. The predicted molar refractivity (Wildman–Crippen MR) is 38.6 cm³/mol. The van der Waals surface area contributed by atoms with Crippen LogP contribution in [-0.2, 0) is 4.74 Å². The summed E-state index contributed by atoms with van der Waals surface area (Å²) in [6, 6.07) is 0. The molecule has 0 aromatic rings. The summed E-state index contributed by atoms with van der Waals surface area (Å²) in [6.07, 6.45) is 2.60. The van der Waals surface area contributed by atoms with Crippen molar-refractivity contribution in [2.75, 3.05) is 0 Å². The molecule has 0 aromatic carbocycles. The van der Waals surface area contributed by atoms with Crippen LogP contribution in [0.15, 0.2) is 0 Å². The van der Waals surface area contributed by atoms with Crippen molar-refractivity contribution in [3.05, 3.63) is 0 Å². The highest BCUT2D eigenvalue weighted by Crippen LogP contribution is 2.03. The van der Waals surface area contributed by atoms with Gasteiger partial charge >= 0.3 is 0 Å². The van der Waals surface area contributed by atoms with Gasteiger partial charge in [-0.2, -0.15) is 0 Å². The molecule has 0 atom stereocenters. The minimum atomic E-state index is -0.0998. The van der Waals surface area contributed by atoms with Gasteiger partial charge in [0.05, 0.1) is 10.2 Å². The molecule has 0 spiro atoms. The number of hydrogen-bond donors (Lipinski definition) is 0. The zero-order chi connectivity index (χ0) is 6.62. The van der Waals surface area contributed by atoms with Gasteiger partial charge in [-0.15, -0.1) is 5.54 Å². The van der Waals surface area contributed by atoms with Crippen LogP contribution in [0.25, 0.3) is 0 Å². The average Bonchev–Trinajstić information content (AvgIpc) is 1.59. The van der Waals surface area contributed by atoms with Crippen molar-refractivity contribution >= 4 is 10.2 Å². The summed E-state index contributed by atoms with van der Waals surface area (Å²) in [4.78, 5) is 0. The Bertz CT molecular complexity index is 113. The number of hydrogen-bond acceptors (Lipinski definition) is 1. The lowest BCUT2D eigenvalue weighted by Gasteiger charge is -2.14. The van der Waals surface area contributed by atoms with E-state index >= 15 is 0 Å². The van der Waals surface area contributed by atoms with E-state index in [1.807, 2.05) is 20.8 Å². The Balaban J connectivity index is 3.50. The van der Waals surface area contributed by atoms with Crippen LogP contribution in [0.5, 0.6) is 0 Å². The minimum Gasteiger partial charge on any atom is -0.441 e. The third-order valence-electron chi connectivity index (χ3n) is 0.459. The van der Waals surface area contributed by atoms with Gasteiger partial charge in [-0.25, -0.2) is 0 Å². The molecule has 0 aliphatic heterocycles. The maximum absolute atomic E-state index is 5.05. The fraction of sp³-hybridized carbons (Fsp3) is 0.667. The highest BCUT2D eigenvalue weighted by Gasteiger charge is 2.07. The molecule has 0 amide bonds. The van der Waals surface area contributed by atoms with Crippen LogP contribution < -0.4 is 0 Å². The molecule has 0 saturated heterocycles. The zero-order valence-corrected chi connectivity index (χ0v) is 7.91. The zero-order valence-electron chi connectivity index (χ0n) is 5.91. The van der Waals surface area contributed by atoms with Crippen molar-refractivity contribution < 1.29 is 4.74 Å². The molecule has 1 nitrogen and oxygen atoms in total. The van der Waals surface area contributed by atoms with Crippen molar-refractivity contribution in [1.29, 1.82) is 0 Å². The first-order chi connectivity index (χ1) is 3.56. The van der Waals surface area contributed by atoms with Crippen molar-refractivity contribution in [1.82, 2.24) is 0 Å². The smallest absolute Gasteiger partial charge is 0.112 e. The van der Waals surface area contributed by atoms with Gasteiger partial charge in [0.25, 0.3) is 0 Å². The van der Waals surface area contributed by atoms with E-state index in [9.17, 15) is 0 Å². The Morgan fingerprint density at radius 1 is 1.38 bits per heavy atom. The lowest BCUT2D eigenvalue weighted by atomic mass is 10.2. The third-order valence-corrected chi connectivity index (χ3v) is 0.663. The standard InChI is InChI=1S/C6H12OSi/c1-6(2,3)7-4-5-8/h1-3,8H3. The molecule has 0 aliphatic carbocycles. The average molecular weight is 128 g/mol. The Hall–Kier alpha value is -0.423. The highest BCUT2D eigenvalue weighted by atomic mass is 28.1. The Labute approximate surface area is 53.8 Å². The lowest BCUT2D eigenvalue weighted by Crippen LogP contribution is -2.15. The molecule has 46 valence electrons. The summed E-state index contributed by atoms with van der Waals surface area (Å²) in [6.45, 7) is 5.96. The van der Waals surface area contributed by atoms with E-state index in [2.05, 4.69) is 11.7 Å². The molecule has 0 N–H and O–H groups in total. The maximum Gasteiger partial charge on any atom is 0.112 e. The minimum absolute atomic E-state index is 0.0998. The quantitative estimate of drug-likeness (QED) is 0.332. The number of ether oxygens (including phenoxy) is 1. The Kier molecular flexibility index (Phi) is 2.63. The predicted octanol–water partition coefficient (Wildman–Crippen LogP) is 0.0853. The lowest BCUT2D eigenvalue weighted by molar-refractivity contribution is 0.0965. The Morgan fingerprint density at radius 2 is 1.88 bits per heavy atom. The van der Waals surface area contributed by atoms with Gasteiger partial charge in [-0.1, -0.05) is 0 Å². The van der Waals surface area contributed by atoms with Gasteiger partial charge in [-0.3, -0.25) is 0 Å². The molecule has 0 rings (SSSR count). The molecule has 0 fully saturated rings. The van der Waals surface area contributed by atoms with Crippen LogP contribution in [0.1, 0.15) is 20.8 Å². The molecule has 0 saturated carbocycles. The second-order valence-electron chi connectivity index (χ2n) is 2.57. The first-order valence-electron chi connectivity index (χ1n) is 2.66. The third kappa shape index (κ3) is 5.58. The summed E-state index contributed by atoms with van der Waals surface area (Å²) in [5.74, 6) is 0. The van der Waals surface area contributed by atoms with Gasteiger partial charge in [0.1, 0.15) is 11.7 Å². The summed E-state index contributed by atoms with van der Waals surface area (Å²) < 4.78 is 5.05. The fourth-order valence-corrected chi connectivity index (χ4v) is 0.306. The maximum atomic E-state index is 5.05.